The average molecular weight is 333 g/mol. The van der Waals surface area contributed by atoms with Crippen molar-refractivity contribution in [3.05, 3.63) is 26.0 Å². The van der Waals surface area contributed by atoms with E-state index in [0.29, 0.717) is 0 Å². The highest BCUT2D eigenvalue weighted by molar-refractivity contribution is 14.1. The molecule has 1 N–H and O–H groups in total. The summed E-state index contributed by atoms with van der Waals surface area (Å²) in [5.41, 5.74) is -0.947. The first kappa shape index (κ1) is 11.6. The molecule has 0 spiro atoms. The monoisotopic (exact) mass is 333 g/mol. The zero-order valence-electron chi connectivity index (χ0n) is 6.47. The van der Waals surface area contributed by atoms with Crippen LogP contribution in [-0.2, 0) is 0 Å². The Morgan fingerprint density at radius 2 is 2.21 bits per heavy atom. The molecule has 0 saturated heterocycles. The van der Waals surface area contributed by atoms with E-state index < -0.39 is 23.7 Å². The molecule has 0 unspecified atom stereocenters. The zero-order valence-corrected chi connectivity index (χ0v) is 9.38. The number of nitrogens with zero attached hydrogens (tertiary/aromatic N) is 1. The molecule has 0 aliphatic rings. The number of aromatic nitrogens is 1. The van der Waals surface area contributed by atoms with E-state index in [9.17, 15) is 13.6 Å². The number of carbonyl (C=O) groups is 1. The maximum Gasteiger partial charge on any atom is 0.354 e. The molecule has 0 saturated carbocycles. The number of rotatable bonds is 2. The second-order valence-electron chi connectivity index (χ2n) is 2.31. The first-order chi connectivity index (χ1) is 6.43. The smallest absolute Gasteiger partial charge is 0.354 e. The Kier molecular flexibility index (Phi) is 3.59. The number of hydrogen-bond acceptors (Lipinski definition) is 2. The fourth-order valence-electron chi connectivity index (χ4n) is 0.785. The van der Waals surface area contributed by atoms with Gasteiger partial charge in [0, 0.05) is 5.56 Å². The van der Waals surface area contributed by atoms with E-state index in [1.165, 1.54) is 0 Å². The quantitative estimate of drug-likeness (QED) is 0.669. The molecule has 1 aromatic rings. The highest BCUT2D eigenvalue weighted by atomic mass is 127. The van der Waals surface area contributed by atoms with Crippen molar-refractivity contribution < 1.29 is 18.7 Å². The molecular formula is C7H3ClF2INO2. The Labute approximate surface area is 96.2 Å². The van der Waals surface area contributed by atoms with Gasteiger partial charge in [0.2, 0.25) is 0 Å². The Morgan fingerprint density at radius 3 is 2.64 bits per heavy atom. The summed E-state index contributed by atoms with van der Waals surface area (Å²) < 4.78 is 24.7. The van der Waals surface area contributed by atoms with Gasteiger partial charge in [-0.1, -0.05) is 11.6 Å². The van der Waals surface area contributed by atoms with E-state index in [2.05, 4.69) is 4.98 Å². The van der Waals surface area contributed by atoms with Crippen molar-refractivity contribution in [3.8, 4) is 0 Å². The van der Waals surface area contributed by atoms with Gasteiger partial charge in [0.1, 0.15) is 9.39 Å². The largest absolute Gasteiger partial charge is 0.477 e. The topological polar surface area (TPSA) is 50.2 Å². The minimum absolute atomic E-state index is 0.0551. The molecule has 0 aliphatic carbocycles. The number of carboxylic acid groups (broad SMARTS) is 1. The predicted molar refractivity (Wildman–Crippen MR) is 53.9 cm³/mol. The van der Waals surface area contributed by atoms with Gasteiger partial charge >= 0.3 is 5.97 Å². The lowest BCUT2D eigenvalue weighted by atomic mass is 10.2. The fraction of sp³-hybridized carbons (Fsp3) is 0.143. The second kappa shape index (κ2) is 4.35. The molecule has 0 bridgehead atoms. The Hall–Kier alpha value is -0.500. The summed E-state index contributed by atoms with van der Waals surface area (Å²) in [5.74, 6) is -1.36. The molecule has 1 rings (SSSR count). The summed E-state index contributed by atoms with van der Waals surface area (Å²) in [7, 11) is 0. The summed E-state index contributed by atoms with van der Waals surface area (Å²) in [6.45, 7) is 0. The molecule has 0 fully saturated rings. The molecule has 0 radical (unpaired) electrons. The first-order valence-corrected chi connectivity index (χ1v) is 4.76. The fourth-order valence-corrected chi connectivity index (χ4v) is 1.54. The molecule has 1 aromatic heterocycles. The third-order valence-electron chi connectivity index (χ3n) is 1.40. The first-order valence-electron chi connectivity index (χ1n) is 3.31. The van der Waals surface area contributed by atoms with Gasteiger partial charge in [0.25, 0.3) is 6.43 Å². The van der Waals surface area contributed by atoms with Gasteiger partial charge in [-0.15, -0.1) is 0 Å². The number of hydrogen-bond donors (Lipinski definition) is 1. The van der Waals surface area contributed by atoms with Crippen molar-refractivity contribution in [2.24, 2.45) is 0 Å². The highest BCUT2D eigenvalue weighted by Crippen LogP contribution is 2.30. The van der Waals surface area contributed by atoms with E-state index in [-0.39, 0.29) is 8.72 Å². The minimum atomic E-state index is -2.81. The SMILES string of the molecule is O=C(O)c1cc(C(F)F)c(Cl)c(I)n1. The van der Waals surface area contributed by atoms with Gasteiger partial charge in [-0.05, 0) is 28.7 Å². The number of pyridine rings is 1. The van der Waals surface area contributed by atoms with Crippen LogP contribution in [0.1, 0.15) is 22.5 Å². The molecule has 14 heavy (non-hydrogen) atoms. The molecule has 7 heteroatoms. The normalized spacial score (nSPS) is 10.6. The maximum atomic E-state index is 12.3. The Balaban J connectivity index is 3.35. The summed E-state index contributed by atoms with van der Waals surface area (Å²) in [4.78, 5) is 14.0. The Bertz CT molecular complexity index is 386. The number of halogens is 4. The van der Waals surface area contributed by atoms with Gasteiger partial charge in [-0.25, -0.2) is 18.6 Å². The van der Waals surface area contributed by atoms with E-state index >= 15 is 0 Å². The van der Waals surface area contributed by atoms with E-state index in [4.69, 9.17) is 16.7 Å². The molecule has 76 valence electrons. The van der Waals surface area contributed by atoms with Crippen LogP contribution in [0.2, 0.25) is 5.02 Å². The highest BCUT2D eigenvalue weighted by Gasteiger charge is 2.19. The van der Waals surface area contributed by atoms with Crippen LogP contribution in [0.15, 0.2) is 6.07 Å². The zero-order chi connectivity index (χ0) is 10.9. The lowest BCUT2D eigenvalue weighted by molar-refractivity contribution is 0.0689. The lowest BCUT2D eigenvalue weighted by Crippen LogP contribution is -2.04. The number of alkyl halides is 2. The predicted octanol–water partition coefficient (Wildman–Crippen LogP) is 2.98. The molecule has 0 aliphatic heterocycles. The lowest BCUT2D eigenvalue weighted by Gasteiger charge is -2.05. The minimum Gasteiger partial charge on any atom is -0.477 e. The van der Waals surface area contributed by atoms with Gasteiger partial charge < -0.3 is 5.11 Å². The van der Waals surface area contributed by atoms with Crippen LogP contribution in [0, 0.1) is 3.70 Å². The van der Waals surface area contributed by atoms with Crippen LogP contribution >= 0.6 is 34.2 Å². The average Bonchev–Trinajstić information content (AvgIpc) is 2.08. The molecular weight excluding hydrogens is 330 g/mol. The summed E-state index contributed by atoms with van der Waals surface area (Å²) in [5, 5.41) is 8.35. The van der Waals surface area contributed by atoms with Gasteiger partial charge in [-0.3, -0.25) is 0 Å². The molecule has 3 nitrogen and oxygen atoms in total. The van der Waals surface area contributed by atoms with Crippen molar-refractivity contribution in [1.82, 2.24) is 4.98 Å². The molecule has 0 amide bonds. The maximum absolute atomic E-state index is 12.3. The second-order valence-corrected chi connectivity index (χ2v) is 3.71. The van der Waals surface area contributed by atoms with Crippen molar-refractivity contribution in [2.45, 2.75) is 6.43 Å². The van der Waals surface area contributed by atoms with Crippen LogP contribution in [-0.4, -0.2) is 16.1 Å². The van der Waals surface area contributed by atoms with Gasteiger partial charge in [-0.2, -0.15) is 0 Å². The van der Waals surface area contributed by atoms with Crippen LogP contribution < -0.4 is 0 Å². The van der Waals surface area contributed by atoms with Gasteiger partial charge in [0.05, 0.1) is 5.02 Å². The van der Waals surface area contributed by atoms with Crippen molar-refractivity contribution in [2.75, 3.05) is 0 Å². The number of carboxylic acids is 1. The standard InChI is InChI=1S/C7H3ClF2INO2/c8-4-2(5(9)10)1-3(7(13)14)12-6(4)11/h1,5H,(H,13,14). The van der Waals surface area contributed by atoms with Gasteiger partial charge in [0.15, 0.2) is 0 Å². The van der Waals surface area contributed by atoms with Crippen LogP contribution in [0.4, 0.5) is 8.78 Å². The molecule has 1 heterocycles. The Morgan fingerprint density at radius 1 is 1.64 bits per heavy atom. The van der Waals surface area contributed by atoms with E-state index in [0.717, 1.165) is 6.07 Å². The summed E-state index contributed by atoms with van der Waals surface area (Å²) in [6, 6.07) is 0.775. The van der Waals surface area contributed by atoms with Crippen molar-refractivity contribution in [1.29, 1.82) is 0 Å². The summed E-state index contributed by atoms with van der Waals surface area (Å²) >= 11 is 7.12. The van der Waals surface area contributed by atoms with Crippen LogP contribution in [0.3, 0.4) is 0 Å². The number of aromatic carboxylic acids is 1. The van der Waals surface area contributed by atoms with E-state index in [1.54, 1.807) is 22.6 Å². The van der Waals surface area contributed by atoms with Crippen LogP contribution in [0.5, 0.6) is 0 Å². The third kappa shape index (κ3) is 2.30. The molecule has 0 aromatic carbocycles. The van der Waals surface area contributed by atoms with E-state index in [1.807, 2.05) is 0 Å². The molecule has 0 atom stereocenters. The van der Waals surface area contributed by atoms with Crippen molar-refractivity contribution >= 4 is 40.2 Å². The summed E-state index contributed by atoms with van der Waals surface area (Å²) in [6.07, 6.45) is -2.81. The van der Waals surface area contributed by atoms with Crippen molar-refractivity contribution in [3.63, 3.8) is 0 Å². The van der Waals surface area contributed by atoms with Crippen LogP contribution in [0.25, 0.3) is 0 Å². The third-order valence-corrected chi connectivity index (χ3v) is 2.90.